The van der Waals surface area contributed by atoms with Crippen LogP contribution in [0, 0.1) is 11.8 Å². The van der Waals surface area contributed by atoms with E-state index in [1.165, 1.54) is 25.7 Å². The van der Waals surface area contributed by atoms with E-state index in [9.17, 15) is 0 Å². The van der Waals surface area contributed by atoms with Gasteiger partial charge in [0.05, 0.1) is 0 Å². The minimum atomic E-state index is 1.06. The largest absolute Gasteiger partial charge is 0.0651 e. The fourth-order valence-corrected chi connectivity index (χ4v) is 1.52. The maximum atomic E-state index is 2.31. The minimum Gasteiger partial charge on any atom is -0.0651 e. The van der Waals surface area contributed by atoms with Crippen LogP contribution in [-0.2, 0) is 0 Å². The minimum absolute atomic E-state index is 1.06. The van der Waals surface area contributed by atoms with Gasteiger partial charge in [0.25, 0.3) is 0 Å². The van der Waals surface area contributed by atoms with Gasteiger partial charge in [-0.1, -0.05) is 26.7 Å². The summed E-state index contributed by atoms with van der Waals surface area (Å²) >= 11 is 0. The van der Waals surface area contributed by atoms with Gasteiger partial charge in [-0.15, -0.1) is 0 Å². The normalized spacial score (nSPS) is 19.9. The zero-order valence-corrected chi connectivity index (χ0v) is 5.98. The quantitative estimate of drug-likeness (QED) is 0.526. The Morgan fingerprint density at radius 1 is 1.25 bits per heavy atom. The van der Waals surface area contributed by atoms with E-state index in [4.69, 9.17) is 0 Å². The van der Waals surface area contributed by atoms with Gasteiger partial charge in [0, 0.05) is 0 Å². The summed E-state index contributed by atoms with van der Waals surface area (Å²) in [6.45, 7) is 4.62. The van der Waals surface area contributed by atoms with Crippen LogP contribution in [0.3, 0.4) is 0 Å². The van der Waals surface area contributed by atoms with Crippen molar-refractivity contribution in [3.63, 3.8) is 0 Å². The van der Waals surface area contributed by atoms with Gasteiger partial charge in [-0.3, -0.25) is 0 Å². The van der Waals surface area contributed by atoms with E-state index in [-0.39, 0.29) is 0 Å². The molecular weight excluding hydrogens is 96.1 g/mol. The summed E-state index contributed by atoms with van der Waals surface area (Å²) in [5, 5.41) is 0. The summed E-state index contributed by atoms with van der Waals surface area (Å²) in [6, 6.07) is 0. The van der Waals surface area contributed by atoms with Crippen molar-refractivity contribution in [2.45, 2.75) is 39.5 Å². The zero-order valence-electron chi connectivity index (χ0n) is 5.98. The van der Waals surface area contributed by atoms with Gasteiger partial charge in [0.15, 0.2) is 0 Å². The Labute approximate surface area is 52.3 Å². The molecule has 1 aliphatic rings. The van der Waals surface area contributed by atoms with Gasteiger partial charge >= 0.3 is 0 Å². The molecule has 1 saturated carbocycles. The molecule has 0 aliphatic heterocycles. The van der Waals surface area contributed by atoms with Crippen molar-refractivity contribution < 1.29 is 0 Å². The van der Waals surface area contributed by atoms with Crippen LogP contribution >= 0.6 is 0 Å². The second-order valence-corrected chi connectivity index (χ2v) is 2.91. The third kappa shape index (κ3) is 1.24. The molecule has 1 fully saturated rings. The van der Waals surface area contributed by atoms with Gasteiger partial charge in [-0.25, -0.2) is 0 Å². The highest BCUT2D eigenvalue weighted by molar-refractivity contribution is 4.79. The maximum Gasteiger partial charge on any atom is -0.0386 e. The van der Waals surface area contributed by atoms with Gasteiger partial charge in [0.1, 0.15) is 0 Å². The lowest BCUT2D eigenvalue weighted by molar-refractivity contribution is 0.433. The molecule has 0 N–H and O–H groups in total. The Hall–Kier alpha value is 0. The van der Waals surface area contributed by atoms with Crippen LogP contribution in [0.1, 0.15) is 39.5 Å². The summed E-state index contributed by atoms with van der Waals surface area (Å²) in [5.41, 5.74) is 0. The first-order valence-electron chi connectivity index (χ1n) is 3.88. The summed E-state index contributed by atoms with van der Waals surface area (Å²) < 4.78 is 0. The van der Waals surface area contributed by atoms with Gasteiger partial charge < -0.3 is 0 Å². The van der Waals surface area contributed by atoms with E-state index in [2.05, 4.69) is 13.8 Å². The van der Waals surface area contributed by atoms with Crippen molar-refractivity contribution in [1.82, 2.24) is 0 Å². The zero-order chi connectivity index (χ0) is 5.98. The van der Waals surface area contributed by atoms with E-state index < -0.39 is 0 Å². The lowest BCUT2D eigenvalue weighted by Crippen LogP contribution is -1.97. The lowest BCUT2D eigenvalue weighted by atomic mass is 9.98. The van der Waals surface area contributed by atoms with E-state index >= 15 is 0 Å². The molecule has 0 amide bonds. The lowest BCUT2D eigenvalue weighted by Gasteiger charge is -2.08. The van der Waals surface area contributed by atoms with Crippen molar-refractivity contribution in [1.29, 1.82) is 0 Å². The molecule has 0 heteroatoms. The Bertz CT molecular complexity index is 58.4. The number of hydrogen-bond donors (Lipinski definition) is 0. The summed E-state index contributed by atoms with van der Waals surface area (Å²) in [4.78, 5) is 0. The molecule has 0 saturated heterocycles. The number of rotatable bonds is 3. The molecule has 0 aromatic rings. The van der Waals surface area contributed by atoms with Crippen molar-refractivity contribution >= 4 is 0 Å². The highest BCUT2D eigenvalue weighted by Crippen LogP contribution is 2.39. The molecule has 0 unspecified atom stereocenters. The second kappa shape index (κ2) is 2.52. The van der Waals surface area contributed by atoms with Crippen LogP contribution in [0.5, 0.6) is 0 Å². The third-order valence-corrected chi connectivity index (χ3v) is 2.34. The highest BCUT2D eigenvalue weighted by atomic mass is 14.3. The van der Waals surface area contributed by atoms with E-state index in [1.807, 2.05) is 0 Å². The first-order chi connectivity index (χ1) is 3.88. The molecule has 0 bridgehead atoms. The van der Waals surface area contributed by atoms with Crippen LogP contribution in [-0.4, -0.2) is 0 Å². The molecule has 48 valence electrons. The van der Waals surface area contributed by atoms with Crippen molar-refractivity contribution in [3.05, 3.63) is 0 Å². The molecule has 1 rings (SSSR count). The Balaban J connectivity index is 2.15. The summed E-state index contributed by atoms with van der Waals surface area (Å²) in [6.07, 6.45) is 5.85. The molecule has 0 aromatic carbocycles. The van der Waals surface area contributed by atoms with Crippen LogP contribution in [0.25, 0.3) is 0 Å². The van der Waals surface area contributed by atoms with Gasteiger partial charge in [0.2, 0.25) is 0 Å². The number of hydrogen-bond acceptors (Lipinski definition) is 0. The molecule has 0 atom stereocenters. The first-order valence-corrected chi connectivity index (χ1v) is 3.88. The topological polar surface area (TPSA) is 0 Å². The maximum absolute atomic E-state index is 2.31. The monoisotopic (exact) mass is 112 g/mol. The van der Waals surface area contributed by atoms with Crippen LogP contribution in [0.2, 0.25) is 0 Å². The first kappa shape index (κ1) is 6.12. The Morgan fingerprint density at radius 2 is 1.75 bits per heavy atom. The molecule has 8 heavy (non-hydrogen) atoms. The van der Waals surface area contributed by atoms with Crippen LogP contribution in [0.4, 0.5) is 0 Å². The standard InChI is InChI=1S/C8H16/c1-3-7(4-2)8-5-6-8/h7-8H,3-6H2,1-2H3. The van der Waals surface area contributed by atoms with E-state index in [0.717, 1.165) is 11.8 Å². The summed E-state index contributed by atoms with van der Waals surface area (Å²) in [7, 11) is 0. The van der Waals surface area contributed by atoms with Crippen molar-refractivity contribution in [2.24, 2.45) is 11.8 Å². The fourth-order valence-electron chi connectivity index (χ4n) is 1.52. The molecule has 1 aliphatic carbocycles. The van der Waals surface area contributed by atoms with Crippen molar-refractivity contribution in [3.8, 4) is 0 Å². The molecule has 0 radical (unpaired) electrons. The molecular formula is C8H16. The second-order valence-electron chi connectivity index (χ2n) is 2.91. The third-order valence-electron chi connectivity index (χ3n) is 2.34. The predicted octanol–water partition coefficient (Wildman–Crippen LogP) is 2.83. The molecule has 0 nitrogen and oxygen atoms in total. The molecule has 0 aromatic heterocycles. The Morgan fingerprint density at radius 3 is 1.88 bits per heavy atom. The average molecular weight is 112 g/mol. The van der Waals surface area contributed by atoms with Crippen LogP contribution in [0.15, 0.2) is 0 Å². The smallest absolute Gasteiger partial charge is 0.0386 e. The van der Waals surface area contributed by atoms with Gasteiger partial charge in [-0.05, 0) is 24.7 Å². The van der Waals surface area contributed by atoms with Crippen molar-refractivity contribution in [2.75, 3.05) is 0 Å². The fraction of sp³-hybridized carbons (Fsp3) is 1.00. The highest BCUT2D eigenvalue weighted by Gasteiger charge is 2.27. The average Bonchev–Trinajstić information content (AvgIpc) is 2.53. The molecule has 0 spiro atoms. The van der Waals surface area contributed by atoms with E-state index in [1.54, 1.807) is 0 Å². The molecule has 0 heterocycles. The Kier molecular flexibility index (Phi) is 1.93. The van der Waals surface area contributed by atoms with E-state index in [0.29, 0.717) is 0 Å². The predicted molar refractivity (Wildman–Crippen MR) is 36.8 cm³/mol. The summed E-state index contributed by atoms with van der Waals surface area (Å²) in [5.74, 6) is 2.19. The van der Waals surface area contributed by atoms with Gasteiger partial charge in [-0.2, -0.15) is 0 Å². The SMILES string of the molecule is CCC(CC)C1CC1. The van der Waals surface area contributed by atoms with Crippen LogP contribution < -0.4 is 0 Å².